The normalized spacial score (nSPS) is 10.0. The zero-order valence-electron chi connectivity index (χ0n) is 10.9. The largest absolute Gasteiger partial charge is 0.465 e. The Bertz CT molecular complexity index is 704. The number of halogens is 2. The van der Waals surface area contributed by atoms with Gasteiger partial charge in [0.2, 0.25) is 5.95 Å². The lowest BCUT2D eigenvalue weighted by molar-refractivity contribution is 0.0600. The van der Waals surface area contributed by atoms with E-state index in [2.05, 4.69) is 15.0 Å². The number of methoxy groups -OCH3 is 1. The van der Waals surface area contributed by atoms with Crippen LogP contribution in [0.5, 0.6) is 0 Å². The number of pyridine rings is 1. The molecule has 1 heterocycles. The Labute approximate surface area is 118 Å². The monoisotopic (exact) mass is 292 g/mol. The Morgan fingerprint density at radius 3 is 2.67 bits per heavy atom. The summed E-state index contributed by atoms with van der Waals surface area (Å²) in [4.78, 5) is 26.6. The van der Waals surface area contributed by atoms with Crippen LogP contribution in [0.4, 0.5) is 14.5 Å². The average Bonchev–Trinajstić information content (AvgIpc) is 2.49. The molecule has 0 saturated carbocycles. The summed E-state index contributed by atoms with van der Waals surface area (Å²) in [5.74, 6) is -3.29. The van der Waals surface area contributed by atoms with Crippen LogP contribution >= 0.6 is 0 Å². The van der Waals surface area contributed by atoms with Gasteiger partial charge in [-0.05, 0) is 30.3 Å². The zero-order valence-corrected chi connectivity index (χ0v) is 10.9. The molecule has 0 spiro atoms. The summed E-state index contributed by atoms with van der Waals surface area (Å²) in [6, 6.07) is 5.90. The fourth-order valence-corrected chi connectivity index (χ4v) is 1.61. The first-order valence-corrected chi connectivity index (χ1v) is 5.82. The van der Waals surface area contributed by atoms with Crippen LogP contribution in [0.3, 0.4) is 0 Å². The van der Waals surface area contributed by atoms with E-state index < -0.39 is 23.6 Å². The number of carbonyl (C=O) groups is 2. The number of aromatic nitrogens is 1. The number of benzene rings is 1. The van der Waals surface area contributed by atoms with Crippen LogP contribution in [-0.4, -0.2) is 24.0 Å². The summed E-state index contributed by atoms with van der Waals surface area (Å²) in [5.41, 5.74) is -0.535. The summed E-state index contributed by atoms with van der Waals surface area (Å²) in [7, 11) is 1.18. The van der Waals surface area contributed by atoms with E-state index in [0.29, 0.717) is 0 Å². The molecule has 7 heteroatoms. The van der Waals surface area contributed by atoms with Gasteiger partial charge in [0, 0.05) is 6.20 Å². The van der Waals surface area contributed by atoms with E-state index in [9.17, 15) is 18.4 Å². The van der Waals surface area contributed by atoms with E-state index >= 15 is 0 Å². The molecule has 0 aliphatic heterocycles. The van der Waals surface area contributed by atoms with Crippen LogP contribution in [0.15, 0.2) is 36.5 Å². The highest BCUT2D eigenvalue weighted by Crippen LogP contribution is 2.18. The maximum absolute atomic E-state index is 13.6. The van der Waals surface area contributed by atoms with Gasteiger partial charge in [-0.3, -0.25) is 4.79 Å². The van der Waals surface area contributed by atoms with Gasteiger partial charge in [-0.1, -0.05) is 0 Å². The second-order valence-corrected chi connectivity index (χ2v) is 3.98. The zero-order chi connectivity index (χ0) is 15.4. The molecule has 21 heavy (non-hydrogen) atoms. The van der Waals surface area contributed by atoms with Crippen molar-refractivity contribution < 1.29 is 23.1 Å². The van der Waals surface area contributed by atoms with Crippen LogP contribution in [0.25, 0.3) is 0 Å². The topological polar surface area (TPSA) is 68.3 Å². The molecule has 5 nitrogen and oxygen atoms in total. The first kappa shape index (κ1) is 14.6. The van der Waals surface area contributed by atoms with Crippen molar-refractivity contribution in [2.24, 2.45) is 0 Å². The van der Waals surface area contributed by atoms with Crippen LogP contribution in [0, 0.1) is 11.8 Å². The van der Waals surface area contributed by atoms with Crippen LogP contribution < -0.4 is 5.32 Å². The Hall–Kier alpha value is -2.83. The molecule has 1 amide bonds. The number of amides is 1. The van der Waals surface area contributed by atoms with Crippen LogP contribution in [0.1, 0.15) is 20.7 Å². The molecule has 0 bridgehead atoms. The van der Waals surface area contributed by atoms with Crippen molar-refractivity contribution in [3.63, 3.8) is 0 Å². The molecule has 0 unspecified atom stereocenters. The van der Waals surface area contributed by atoms with Crippen LogP contribution in [-0.2, 0) is 4.74 Å². The maximum Gasteiger partial charge on any atom is 0.337 e. The van der Waals surface area contributed by atoms with Gasteiger partial charge in [0.05, 0.1) is 23.9 Å². The van der Waals surface area contributed by atoms with E-state index in [0.717, 1.165) is 12.1 Å². The van der Waals surface area contributed by atoms with Gasteiger partial charge in [-0.15, -0.1) is 0 Å². The number of nitrogens with one attached hydrogen (secondary N) is 1. The van der Waals surface area contributed by atoms with Crippen LogP contribution in [0.2, 0.25) is 0 Å². The van der Waals surface area contributed by atoms with Gasteiger partial charge in [0.1, 0.15) is 5.82 Å². The molecule has 1 N–H and O–H groups in total. The minimum absolute atomic E-state index is 0.0564. The van der Waals surface area contributed by atoms with Gasteiger partial charge in [0.15, 0.2) is 0 Å². The van der Waals surface area contributed by atoms with Crippen molar-refractivity contribution in [3.05, 3.63) is 59.4 Å². The lowest BCUT2D eigenvalue weighted by atomic mass is 10.2. The first-order chi connectivity index (χ1) is 10.0. The summed E-state index contributed by atoms with van der Waals surface area (Å²) in [6.07, 6.45) is 1.19. The molecule has 0 fully saturated rings. The van der Waals surface area contributed by atoms with E-state index in [4.69, 9.17) is 0 Å². The van der Waals surface area contributed by atoms with Gasteiger partial charge >= 0.3 is 5.97 Å². The molecule has 0 aliphatic carbocycles. The highest BCUT2D eigenvalue weighted by molar-refractivity contribution is 6.04. The van der Waals surface area contributed by atoms with Gasteiger partial charge in [0.25, 0.3) is 5.91 Å². The van der Waals surface area contributed by atoms with Crippen molar-refractivity contribution in [1.82, 2.24) is 4.98 Å². The van der Waals surface area contributed by atoms with Crippen molar-refractivity contribution in [2.45, 2.75) is 0 Å². The predicted octanol–water partition coefficient (Wildman–Crippen LogP) is 2.40. The van der Waals surface area contributed by atoms with E-state index in [1.54, 1.807) is 0 Å². The third-order valence-corrected chi connectivity index (χ3v) is 2.64. The number of carbonyl (C=O) groups excluding carboxylic acids is 2. The number of nitrogens with zero attached hydrogens (tertiary/aromatic N) is 1. The Morgan fingerprint density at radius 2 is 2.00 bits per heavy atom. The molecule has 0 aliphatic rings. The molecule has 1 aromatic heterocycles. The highest BCUT2D eigenvalue weighted by Gasteiger charge is 2.16. The third-order valence-electron chi connectivity index (χ3n) is 2.64. The van der Waals surface area contributed by atoms with E-state index in [1.165, 1.54) is 31.5 Å². The average molecular weight is 292 g/mol. The summed E-state index contributed by atoms with van der Waals surface area (Å²) < 4.78 is 31.5. The van der Waals surface area contributed by atoms with Gasteiger partial charge in [-0.2, -0.15) is 4.39 Å². The SMILES string of the molecule is COC(=O)c1ccc(F)c(NC(=O)c2cccnc2F)c1. The number of hydrogen-bond donors (Lipinski definition) is 1. The Morgan fingerprint density at radius 1 is 1.24 bits per heavy atom. The number of rotatable bonds is 3. The molecule has 1 aromatic carbocycles. The van der Waals surface area contributed by atoms with Crippen molar-refractivity contribution in [3.8, 4) is 0 Å². The molecule has 2 aromatic rings. The Kier molecular flexibility index (Phi) is 4.22. The van der Waals surface area contributed by atoms with Crippen molar-refractivity contribution in [2.75, 3.05) is 12.4 Å². The predicted molar refractivity (Wildman–Crippen MR) is 69.9 cm³/mol. The molecular formula is C14H10F2N2O3. The summed E-state index contributed by atoms with van der Waals surface area (Å²) in [5, 5.41) is 2.18. The number of anilines is 1. The summed E-state index contributed by atoms with van der Waals surface area (Å²) >= 11 is 0. The minimum Gasteiger partial charge on any atom is -0.465 e. The molecular weight excluding hydrogens is 282 g/mol. The number of ether oxygens (including phenoxy) is 1. The van der Waals surface area contributed by atoms with E-state index in [-0.39, 0.29) is 16.8 Å². The lowest BCUT2D eigenvalue weighted by Crippen LogP contribution is -2.16. The molecule has 0 saturated heterocycles. The van der Waals surface area contributed by atoms with Gasteiger partial charge < -0.3 is 10.1 Å². The maximum atomic E-state index is 13.6. The molecule has 0 radical (unpaired) electrons. The first-order valence-electron chi connectivity index (χ1n) is 5.82. The minimum atomic E-state index is -0.973. The molecule has 2 rings (SSSR count). The number of esters is 1. The second-order valence-electron chi connectivity index (χ2n) is 3.98. The van der Waals surface area contributed by atoms with Crippen molar-refractivity contribution >= 4 is 17.6 Å². The van der Waals surface area contributed by atoms with Crippen molar-refractivity contribution in [1.29, 1.82) is 0 Å². The highest BCUT2D eigenvalue weighted by atomic mass is 19.1. The second kappa shape index (κ2) is 6.08. The smallest absolute Gasteiger partial charge is 0.337 e. The quantitative estimate of drug-likeness (QED) is 0.696. The summed E-state index contributed by atoms with van der Waals surface area (Å²) in [6.45, 7) is 0. The lowest BCUT2D eigenvalue weighted by Gasteiger charge is -2.08. The standard InChI is InChI=1S/C14H10F2N2O3/c1-21-14(20)8-4-5-10(15)11(7-8)18-13(19)9-3-2-6-17-12(9)16/h2-7H,1H3,(H,18,19). The van der Waals surface area contributed by atoms with Gasteiger partial charge in [-0.25, -0.2) is 14.2 Å². The third kappa shape index (κ3) is 3.19. The Balaban J connectivity index is 2.29. The fourth-order valence-electron chi connectivity index (χ4n) is 1.61. The number of hydrogen-bond acceptors (Lipinski definition) is 4. The fraction of sp³-hybridized carbons (Fsp3) is 0.0714. The van der Waals surface area contributed by atoms with E-state index in [1.807, 2.05) is 0 Å². The molecule has 0 atom stereocenters. The molecule has 108 valence electrons.